The molecule has 30 heavy (non-hydrogen) atoms. The molecule has 1 aromatic rings. The second-order valence-corrected chi connectivity index (χ2v) is 7.53. The number of hydrogen-bond donors (Lipinski definition) is 4. The Bertz CT molecular complexity index is 684. The molecule has 0 fully saturated rings. The average molecular weight is 422 g/mol. The average Bonchev–Trinajstić information content (AvgIpc) is 2.69. The largest absolute Gasteiger partial charge is 0.497 e. The van der Waals surface area contributed by atoms with Gasteiger partial charge in [-0.25, -0.2) is 9.79 Å². The first-order chi connectivity index (χ1) is 14.2. The van der Waals surface area contributed by atoms with E-state index < -0.39 is 11.7 Å². The standard InChI is InChI=1S/C21H35N5O4/c1-6-22-19(23-12-7-13-24-20(28)30-21(2,3)4)26-15-18(27)25-14-16-8-10-17(29-5)11-9-16/h8-11H,6-7,12-15H2,1-5H3,(H,24,28)(H,25,27)(H2,22,23,26). The second-order valence-electron chi connectivity index (χ2n) is 7.53. The minimum Gasteiger partial charge on any atom is -0.497 e. The fourth-order valence-electron chi connectivity index (χ4n) is 2.29. The molecule has 0 aliphatic carbocycles. The zero-order chi connectivity index (χ0) is 22.4. The Morgan fingerprint density at radius 2 is 1.67 bits per heavy atom. The number of methoxy groups -OCH3 is 1. The lowest BCUT2D eigenvalue weighted by Crippen LogP contribution is -2.40. The SMILES string of the molecule is CCNC(=NCC(=O)NCc1ccc(OC)cc1)NCCCNC(=O)OC(C)(C)C. The molecule has 9 heteroatoms. The third-order valence-corrected chi connectivity index (χ3v) is 3.69. The predicted molar refractivity (Wildman–Crippen MR) is 118 cm³/mol. The highest BCUT2D eigenvalue weighted by molar-refractivity contribution is 5.84. The van der Waals surface area contributed by atoms with Crippen molar-refractivity contribution in [3.63, 3.8) is 0 Å². The number of nitrogens with one attached hydrogen (secondary N) is 4. The van der Waals surface area contributed by atoms with Crippen molar-refractivity contribution in [2.24, 2.45) is 4.99 Å². The van der Waals surface area contributed by atoms with Crippen LogP contribution in [0.25, 0.3) is 0 Å². The summed E-state index contributed by atoms with van der Waals surface area (Å²) in [5.41, 5.74) is 0.469. The number of hydrogen-bond acceptors (Lipinski definition) is 5. The molecule has 0 saturated heterocycles. The van der Waals surface area contributed by atoms with Gasteiger partial charge in [-0.15, -0.1) is 0 Å². The zero-order valence-electron chi connectivity index (χ0n) is 18.6. The van der Waals surface area contributed by atoms with E-state index in [2.05, 4.69) is 26.3 Å². The van der Waals surface area contributed by atoms with Gasteiger partial charge in [0.15, 0.2) is 5.96 Å². The van der Waals surface area contributed by atoms with Gasteiger partial charge >= 0.3 is 6.09 Å². The van der Waals surface area contributed by atoms with Gasteiger partial charge in [0, 0.05) is 26.2 Å². The van der Waals surface area contributed by atoms with Gasteiger partial charge < -0.3 is 30.7 Å². The topological polar surface area (TPSA) is 113 Å². The van der Waals surface area contributed by atoms with Crippen LogP contribution in [0.5, 0.6) is 5.75 Å². The minimum atomic E-state index is -0.513. The highest BCUT2D eigenvalue weighted by Gasteiger charge is 2.15. The van der Waals surface area contributed by atoms with Gasteiger partial charge in [-0.3, -0.25) is 4.79 Å². The van der Waals surface area contributed by atoms with Crippen LogP contribution in [0.3, 0.4) is 0 Å². The molecule has 0 aliphatic rings. The summed E-state index contributed by atoms with van der Waals surface area (Å²) in [6.07, 6.45) is 0.254. The van der Waals surface area contributed by atoms with Gasteiger partial charge in [-0.1, -0.05) is 12.1 Å². The van der Waals surface area contributed by atoms with Gasteiger partial charge in [0.2, 0.25) is 5.91 Å². The summed E-state index contributed by atoms with van der Waals surface area (Å²) in [6, 6.07) is 7.51. The molecule has 4 N–H and O–H groups in total. The Labute approximate surface area is 179 Å². The lowest BCUT2D eigenvalue weighted by Gasteiger charge is -2.19. The van der Waals surface area contributed by atoms with E-state index in [0.717, 1.165) is 11.3 Å². The van der Waals surface area contributed by atoms with Gasteiger partial charge in [-0.2, -0.15) is 0 Å². The number of ether oxygens (including phenoxy) is 2. The summed E-state index contributed by atoms with van der Waals surface area (Å²) in [4.78, 5) is 27.9. The number of nitrogens with zero attached hydrogens (tertiary/aromatic N) is 1. The predicted octanol–water partition coefficient (Wildman–Crippen LogP) is 1.78. The molecule has 0 heterocycles. The van der Waals surface area contributed by atoms with Gasteiger partial charge in [0.05, 0.1) is 7.11 Å². The number of alkyl carbamates (subject to hydrolysis) is 1. The number of carbonyl (C=O) groups is 2. The molecule has 168 valence electrons. The van der Waals surface area contributed by atoms with E-state index in [1.54, 1.807) is 7.11 Å². The molecule has 0 aliphatic heterocycles. The number of guanidine groups is 1. The summed E-state index contributed by atoms with van der Waals surface area (Å²) >= 11 is 0. The number of rotatable bonds is 10. The molecular formula is C21H35N5O4. The number of carbonyl (C=O) groups excluding carboxylic acids is 2. The van der Waals surface area contributed by atoms with E-state index in [1.165, 1.54) is 0 Å². The smallest absolute Gasteiger partial charge is 0.407 e. The highest BCUT2D eigenvalue weighted by Crippen LogP contribution is 2.10. The van der Waals surface area contributed by atoms with Crippen molar-refractivity contribution < 1.29 is 19.1 Å². The monoisotopic (exact) mass is 421 g/mol. The van der Waals surface area contributed by atoms with Crippen molar-refractivity contribution in [3.8, 4) is 5.75 Å². The summed E-state index contributed by atoms with van der Waals surface area (Å²) < 4.78 is 10.3. The molecule has 0 saturated carbocycles. The van der Waals surface area contributed by atoms with E-state index in [1.807, 2.05) is 52.0 Å². The molecule has 0 radical (unpaired) electrons. The molecule has 0 unspecified atom stereocenters. The lowest BCUT2D eigenvalue weighted by molar-refractivity contribution is -0.119. The molecule has 0 atom stereocenters. The fourth-order valence-corrected chi connectivity index (χ4v) is 2.29. The highest BCUT2D eigenvalue weighted by atomic mass is 16.6. The van der Waals surface area contributed by atoms with E-state index in [0.29, 0.717) is 38.6 Å². The number of aliphatic imine (C=N–C) groups is 1. The van der Waals surface area contributed by atoms with Gasteiger partial charge in [-0.05, 0) is 51.8 Å². The molecular weight excluding hydrogens is 386 g/mol. The summed E-state index contributed by atoms with van der Waals surface area (Å²) in [5, 5.41) is 11.8. The van der Waals surface area contributed by atoms with Crippen LogP contribution in [0.15, 0.2) is 29.3 Å². The number of benzene rings is 1. The first kappa shape index (κ1) is 25.1. The Hall–Kier alpha value is -2.97. The molecule has 1 aromatic carbocycles. The van der Waals surface area contributed by atoms with Crippen LogP contribution in [0.4, 0.5) is 4.79 Å². The molecule has 0 bridgehead atoms. The summed E-state index contributed by atoms with van der Waals surface area (Å²) in [7, 11) is 1.61. The molecule has 9 nitrogen and oxygen atoms in total. The maximum absolute atomic E-state index is 12.1. The van der Waals surface area contributed by atoms with E-state index in [9.17, 15) is 9.59 Å². The molecule has 0 spiro atoms. The van der Waals surface area contributed by atoms with Crippen LogP contribution in [0, 0.1) is 0 Å². The Kier molecular flexibility index (Phi) is 11.1. The third kappa shape index (κ3) is 11.8. The van der Waals surface area contributed by atoms with E-state index in [4.69, 9.17) is 9.47 Å². The van der Waals surface area contributed by atoms with Crippen LogP contribution in [0.1, 0.15) is 39.7 Å². The zero-order valence-corrected chi connectivity index (χ0v) is 18.6. The van der Waals surface area contributed by atoms with Crippen molar-refractivity contribution in [1.29, 1.82) is 0 Å². The summed E-state index contributed by atoms with van der Waals surface area (Å²) in [5.74, 6) is 1.15. The number of amides is 2. The third-order valence-electron chi connectivity index (χ3n) is 3.69. The van der Waals surface area contributed by atoms with E-state index in [-0.39, 0.29) is 12.5 Å². The molecule has 2 amide bonds. The maximum Gasteiger partial charge on any atom is 0.407 e. The summed E-state index contributed by atoms with van der Waals surface area (Å²) in [6.45, 7) is 9.60. The Balaban J connectivity index is 2.31. The van der Waals surface area contributed by atoms with Crippen molar-refractivity contribution in [2.75, 3.05) is 33.3 Å². The lowest BCUT2D eigenvalue weighted by atomic mass is 10.2. The normalized spacial score (nSPS) is 11.4. The second kappa shape index (κ2) is 13.3. The maximum atomic E-state index is 12.1. The minimum absolute atomic E-state index is 0.0155. The van der Waals surface area contributed by atoms with Gasteiger partial charge in [0.1, 0.15) is 17.9 Å². The molecule has 1 rings (SSSR count). The van der Waals surface area contributed by atoms with Crippen molar-refractivity contribution in [2.45, 2.75) is 46.3 Å². The van der Waals surface area contributed by atoms with E-state index >= 15 is 0 Å². The van der Waals surface area contributed by atoms with Crippen LogP contribution in [0.2, 0.25) is 0 Å². The van der Waals surface area contributed by atoms with Gasteiger partial charge in [0.25, 0.3) is 0 Å². The quantitative estimate of drug-likeness (QED) is 0.260. The van der Waals surface area contributed by atoms with Crippen LogP contribution < -0.4 is 26.0 Å². The Morgan fingerprint density at radius 3 is 2.27 bits per heavy atom. The van der Waals surface area contributed by atoms with Crippen LogP contribution in [-0.2, 0) is 16.1 Å². The van der Waals surface area contributed by atoms with Crippen LogP contribution in [-0.4, -0.2) is 56.8 Å². The van der Waals surface area contributed by atoms with Crippen molar-refractivity contribution in [1.82, 2.24) is 21.3 Å². The fraction of sp³-hybridized carbons (Fsp3) is 0.571. The Morgan fingerprint density at radius 1 is 1.00 bits per heavy atom. The molecule has 0 aromatic heterocycles. The first-order valence-corrected chi connectivity index (χ1v) is 10.1. The van der Waals surface area contributed by atoms with Crippen LogP contribution >= 0.6 is 0 Å². The van der Waals surface area contributed by atoms with Crippen molar-refractivity contribution >= 4 is 18.0 Å². The first-order valence-electron chi connectivity index (χ1n) is 10.1. The van der Waals surface area contributed by atoms with Crippen molar-refractivity contribution in [3.05, 3.63) is 29.8 Å².